The minimum atomic E-state index is 0.677. The number of benzene rings is 1. The molecule has 0 radical (unpaired) electrons. The molecule has 1 heterocycles. The number of aryl methyl sites for hydroxylation is 1. The van der Waals surface area contributed by atoms with Gasteiger partial charge in [0, 0.05) is 25.3 Å². The van der Waals surface area contributed by atoms with Crippen LogP contribution in [0, 0.1) is 0 Å². The van der Waals surface area contributed by atoms with Crippen LogP contribution in [0.4, 0.5) is 5.69 Å². The molecule has 2 rings (SSSR count). The minimum Gasteiger partial charge on any atom is -0.373 e. The number of rotatable bonds is 4. The monoisotopic (exact) mass is 218 g/mol. The van der Waals surface area contributed by atoms with Crippen molar-refractivity contribution in [2.24, 2.45) is 0 Å². The summed E-state index contributed by atoms with van der Waals surface area (Å²) in [5.74, 6) is 0. The van der Waals surface area contributed by atoms with Gasteiger partial charge in [0.25, 0.3) is 0 Å². The first-order chi connectivity index (χ1) is 7.79. The number of likely N-dealkylation sites (N-methyl/N-ethyl adjacent to an activating group) is 1. The van der Waals surface area contributed by atoms with Gasteiger partial charge in [-0.2, -0.15) is 0 Å². The summed E-state index contributed by atoms with van der Waals surface area (Å²) in [5.41, 5.74) is 2.74. The molecule has 1 N–H and O–H groups in total. The molecule has 2 heteroatoms. The largest absolute Gasteiger partial charge is 0.373 e. The highest BCUT2D eigenvalue weighted by atomic mass is 15.1. The molecule has 0 amide bonds. The first-order valence-electron chi connectivity index (χ1n) is 6.33. The molecule has 1 aromatic carbocycles. The van der Waals surface area contributed by atoms with Crippen molar-refractivity contribution in [2.75, 3.05) is 25.0 Å². The molecule has 16 heavy (non-hydrogen) atoms. The van der Waals surface area contributed by atoms with Gasteiger partial charge in [0.05, 0.1) is 0 Å². The molecular formula is C14H22N2. The summed E-state index contributed by atoms with van der Waals surface area (Å²) < 4.78 is 0. The SMILES string of the molecule is CCc1ccc(N(C)C[C@@H]2CCCN2)cc1. The number of hydrogen-bond acceptors (Lipinski definition) is 2. The van der Waals surface area contributed by atoms with Gasteiger partial charge >= 0.3 is 0 Å². The van der Waals surface area contributed by atoms with E-state index in [1.807, 2.05) is 0 Å². The molecule has 0 spiro atoms. The normalized spacial score (nSPS) is 20.0. The van der Waals surface area contributed by atoms with E-state index in [1.54, 1.807) is 0 Å². The highest BCUT2D eigenvalue weighted by Crippen LogP contribution is 2.16. The van der Waals surface area contributed by atoms with E-state index in [4.69, 9.17) is 0 Å². The fourth-order valence-corrected chi connectivity index (χ4v) is 2.33. The molecule has 1 aromatic rings. The van der Waals surface area contributed by atoms with Crippen molar-refractivity contribution in [2.45, 2.75) is 32.2 Å². The third-order valence-electron chi connectivity index (χ3n) is 3.44. The van der Waals surface area contributed by atoms with Crippen molar-refractivity contribution in [1.82, 2.24) is 5.32 Å². The Kier molecular flexibility index (Phi) is 3.83. The zero-order valence-corrected chi connectivity index (χ0v) is 10.4. The predicted molar refractivity (Wildman–Crippen MR) is 70.1 cm³/mol. The van der Waals surface area contributed by atoms with Crippen LogP contribution < -0.4 is 10.2 Å². The van der Waals surface area contributed by atoms with Crippen molar-refractivity contribution in [3.05, 3.63) is 29.8 Å². The number of nitrogens with zero attached hydrogens (tertiary/aromatic N) is 1. The van der Waals surface area contributed by atoms with E-state index < -0.39 is 0 Å². The minimum absolute atomic E-state index is 0.677. The third-order valence-corrected chi connectivity index (χ3v) is 3.44. The Morgan fingerprint density at radius 2 is 2.06 bits per heavy atom. The molecule has 1 aliphatic heterocycles. The van der Waals surface area contributed by atoms with Gasteiger partial charge < -0.3 is 10.2 Å². The van der Waals surface area contributed by atoms with Gasteiger partial charge in [-0.1, -0.05) is 19.1 Å². The molecule has 88 valence electrons. The standard InChI is InChI=1S/C14H22N2/c1-3-12-6-8-14(9-7-12)16(2)11-13-5-4-10-15-13/h6-9,13,15H,3-5,10-11H2,1-2H3/t13-/m0/s1. The van der Waals surface area contributed by atoms with Crippen molar-refractivity contribution < 1.29 is 0 Å². The molecule has 0 saturated carbocycles. The van der Waals surface area contributed by atoms with Gasteiger partial charge in [-0.25, -0.2) is 0 Å². The second kappa shape index (κ2) is 5.35. The maximum absolute atomic E-state index is 3.54. The van der Waals surface area contributed by atoms with Crippen LogP contribution in [0.3, 0.4) is 0 Å². The van der Waals surface area contributed by atoms with E-state index in [1.165, 1.54) is 30.6 Å². The summed E-state index contributed by atoms with van der Waals surface area (Å²) in [6.45, 7) is 4.50. The molecule has 1 fully saturated rings. The number of anilines is 1. The third kappa shape index (κ3) is 2.76. The van der Waals surface area contributed by atoms with Gasteiger partial charge in [-0.05, 0) is 43.5 Å². The van der Waals surface area contributed by atoms with Gasteiger partial charge in [-0.15, -0.1) is 0 Å². The van der Waals surface area contributed by atoms with Gasteiger partial charge in [-0.3, -0.25) is 0 Å². The van der Waals surface area contributed by atoms with Crippen LogP contribution in [-0.2, 0) is 6.42 Å². The van der Waals surface area contributed by atoms with E-state index in [9.17, 15) is 0 Å². The van der Waals surface area contributed by atoms with Crippen LogP contribution in [-0.4, -0.2) is 26.2 Å². The summed E-state index contributed by atoms with van der Waals surface area (Å²) in [4.78, 5) is 2.35. The lowest BCUT2D eigenvalue weighted by Gasteiger charge is -2.23. The van der Waals surface area contributed by atoms with Crippen LogP contribution in [0.5, 0.6) is 0 Å². The van der Waals surface area contributed by atoms with Gasteiger partial charge in [0.1, 0.15) is 0 Å². The summed E-state index contributed by atoms with van der Waals surface area (Å²) >= 11 is 0. The smallest absolute Gasteiger partial charge is 0.0364 e. The topological polar surface area (TPSA) is 15.3 Å². The number of nitrogens with one attached hydrogen (secondary N) is 1. The first-order valence-corrected chi connectivity index (χ1v) is 6.33. The Labute approximate surface area is 98.7 Å². The van der Waals surface area contributed by atoms with E-state index in [2.05, 4.69) is 48.5 Å². The maximum Gasteiger partial charge on any atom is 0.0364 e. The quantitative estimate of drug-likeness (QED) is 0.835. The van der Waals surface area contributed by atoms with Crippen LogP contribution in [0.15, 0.2) is 24.3 Å². The Morgan fingerprint density at radius 3 is 2.62 bits per heavy atom. The van der Waals surface area contributed by atoms with E-state index in [0.29, 0.717) is 6.04 Å². The second-order valence-corrected chi connectivity index (χ2v) is 4.69. The molecule has 1 atom stereocenters. The Hall–Kier alpha value is -1.02. The summed E-state index contributed by atoms with van der Waals surface area (Å²) in [5, 5.41) is 3.54. The fraction of sp³-hybridized carbons (Fsp3) is 0.571. The Morgan fingerprint density at radius 1 is 1.31 bits per heavy atom. The molecule has 0 unspecified atom stereocenters. The van der Waals surface area contributed by atoms with E-state index >= 15 is 0 Å². The summed E-state index contributed by atoms with van der Waals surface area (Å²) in [6.07, 6.45) is 3.76. The molecule has 1 saturated heterocycles. The maximum atomic E-state index is 3.54. The van der Waals surface area contributed by atoms with Crippen molar-refractivity contribution in [3.8, 4) is 0 Å². The average molecular weight is 218 g/mol. The lowest BCUT2D eigenvalue weighted by Crippen LogP contribution is -2.35. The van der Waals surface area contributed by atoms with E-state index in [-0.39, 0.29) is 0 Å². The highest BCUT2D eigenvalue weighted by Gasteiger charge is 2.15. The lowest BCUT2D eigenvalue weighted by atomic mass is 10.1. The zero-order chi connectivity index (χ0) is 11.4. The fourth-order valence-electron chi connectivity index (χ4n) is 2.33. The molecule has 0 aliphatic carbocycles. The van der Waals surface area contributed by atoms with Crippen LogP contribution >= 0.6 is 0 Å². The molecule has 0 bridgehead atoms. The van der Waals surface area contributed by atoms with Crippen LogP contribution in [0.2, 0.25) is 0 Å². The van der Waals surface area contributed by atoms with Crippen molar-refractivity contribution in [3.63, 3.8) is 0 Å². The second-order valence-electron chi connectivity index (χ2n) is 4.69. The lowest BCUT2D eigenvalue weighted by molar-refractivity contribution is 0.600. The Bertz CT molecular complexity index is 312. The average Bonchev–Trinajstić information content (AvgIpc) is 2.82. The van der Waals surface area contributed by atoms with Gasteiger partial charge in [0.15, 0.2) is 0 Å². The van der Waals surface area contributed by atoms with Crippen molar-refractivity contribution >= 4 is 5.69 Å². The first kappa shape index (κ1) is 11.5. The van der Waals surface area contributed by atoms with Crippen LogP contribution in [0.25, 0.3) is 0 Å². The molecular weight excluding hydrogens is 196 g/mol. The number of hydrogen-bond donors (Lipinski definition) is 1. The van der Waals surface area contributed by atoms with Crippen LogP contribution in [0.1, 0.15) is 25.3 Å². The zero-order valence-electron chi connectivity index (χ0n) is 10.4. The Balaban J connectivity index is 1.94. The highest BCUT2D eigenvalue weighted by molar-refractivity contribution is 5.47. The van der Waals surface area contributed by atoms with Crippen molar-refractivity contribution in [1.29, 1.82) is 0 Å². The van der Waals surface area contributed by atoms with Gasteiger partial charge in [0.2, 0.25) is 0 Å². The molecule has 0 aromatic heterocycles. The molecule has 2 nitrogen and oxygen atoms in total. The summed E-state index contributed by atoms with van der Waals surface area (Å²) in [6, 6.07) is 9.60. The van der Waals surface area contributed by atoms with E-state index in [0.717, 1.165) is 13.0 Å². The molecule has 1 aliphatic rings. The summed E-state index contributed by atoms with van der Waals surface area (Å²) in [7, 11) is 2.18. The predicted octanol–water partition coefficient (Wildman–Crippen LogP) is 2.44.